The van der Waals surface area contributed by atoms with E-state index < -0.39 is 0 Å². The van der Waals surface area contributed by atoms with Gasteiger partial charge in [0.2, 0.25) is 0 Å². The van der Waals surface area contributed by atoms with Crippen LogP contribution in [0.15, 0.2) is 23.2 Å². The van der Waals surface area contributed by atoms with Crippen molar-refractivity contribution in [2.24, 2.45) is 4.99 Å². The fourth-order valence-electron chi connectivity index (χ4n) is 1.75. The van der Waals surface area contributed by atoms with E-state index in [9.17, 15) is 4.39 Å². The van der Waals surface area contributed by atoms with Gasteiger partial charge in [-0.15, -0.1) is 24.0 Å². The summed E-state index contributed by atoms with van der Waals surface area (Å²) < 4.78 is 18.5. The van der Waals surface area contributed by atoms with Gasteiger partial charge >= 0.3 is 0 Å². The number of benzene rings is 1. The maximum absolute atomic E-state index is 13.5. The molecule has 4 nitrogen and oxygen atoms in total. The Morgan fingerprint density at radius 3 is 2.71 bits per heavy atom. The predicted octanol–water partition coefficient (Wildman–Crippen LogP) is 2.84. The summed E-state index contributed by atoms with van der Waals surface area (Å²) >= 11 is 0. The zero-order chi connectivity index (χ0) is 15.0. The molecule has 0 amide bonds. The number of aryl methyl sites for hydroxylation is 1. The first-order chi connectivity index (χ1) is 9.56. The van der Waals surface area contributed by atoms with Crippen LogP contribution in [-0.4, -0.2) is 32.3 Å². The van der Waals surface area contributed by atoms with Gasteiger partial charge in [0.15, 0.2) is 5.96 Å². The van der Waals surface area contributed by atoms with Crippen molar-refractivity contribution in [1.29, 1.82) is 0 Å². The molecule has 6 heteroatoms. The number of aliphatic imine (C=N–C) groups is 1. The average molecular weight is 409 g/mol. The second kappa shape index (κ2) is 10.8. The van der Waals surface area contributed by atoms with Crippen molar-refractivity contribution in [1.82, 2.24) is 10.6 Å². The van der Waals surface area contributed by atoms with Crippen molar-refractivity contribution in [3.05, 3.63) is 35.1 Å². The zero-order valence-corrected chi connectivity index (χ0v) is 15.4. The molecule has 0 saturated heterocycles. The van der Waals surface area contributed by atoms with E-state index in [1.54, 1.807) is 20.1 Å². The lowest BCUT2D eigenvalue weighted by Crippen LogP contribution is -2.43. The summed E-state index contributed by atoms with van der Waals surface area (Å²) in [6, 6.07) is 5.35. The molecule has 0 aliphatic rings. The van der Waals surface area contributed by atoms with E-state index in [2.05, 4.69) is 15.6 Å². The van der Waals surface area contributed by atoms with Gasteiger partial charge < -0.3 is 15.4 Å². The number of nitrogens with one attached hydrogen (secondary N) is 2. The third-order valence-corrected chi connectivity index (χ3v) is 2.80. The van der Waals surface area contributed by atoms with Gasteiger partial charge in [-0.05, 0) is 38.0 Å². The molecule has 1 unspecified atom stereocenters. The van der Waals surface area contributed by atoms with Crippen LogP contribution >= 0.6 is 24.0 Å². The maximum atomic E-state index is 13.5. The molecule has 0 spiro atoms. The third kappa shape index (κ3) is 7.61. The summed E-state index contributed by atoms with van der Waals surface area (Å²) in [6.07, 6.45) is 0. The highest BCUT2D eigenvalue weighted by Gasteiger charge is 2.05. The Hall–Kier alpha value is -0.890. The van der Waals surface area contributed by atoms with Gasteiger partial charge in [-0.1, -0.05) is 12.1 Å². The number of methoxy groups -OCH3 is 1. The van der Waals surface area contributed by atoms with Gasteiger partial charge in [0.25, 0.3) is 0 Å². The lowest BCUT2D eigenvalue weighted by Gasteiger charge is -2.17. The summed E-state index contributed by atoms with van der Waals surface area (Å²) in [4.78, 5) is 4.45. The fraction of sp³-hybridized carbons (Fsp3) is 0.533. The summed E-state index contributed by atoms with van der Waals surface area (Å²) in [6.45, 7) is 7.58. The summed E-state index contributed by atoms with van der Waals surface area (Å²) in [5.74, 6) is 0.515. The van der Waals surface area contributed by atoms with Crippen LogP contribution in [0.2, 0.25) is 0 Å². The van der Waals surface area contributed by atoms with Crippen molar-refractivity contribution in [3.63, 3.8) is 0 Å². The van der Waals surface area contributed by atoms with Crippen LogP contribution < -0.4 is 10.6 Å². The van der Waals surface area contributed by atoms with Crippen LogP contribution in [0.1, 0.15) is 25.0 Å². The monoisotopic (exact) mass is 409 g/mol. The van der Waals surface area contributed by atoms with E-state index >= 15 is 0 Å². The number of nitrogens with zero attached hydrogens (tertiary/aromatic N) is 1. The Bertz CT molecular complexity index is 455. The standard InChI is InChI=1S/C15H24FN3O.HI/c1-5-17-15(19-12(3)10-20-4)18-9-13-7-6-11(2)14(16)8-13;/h6-8,12H,5,9-10H2,1-4H3,(H2,17,18,19);1H. The summed E-state index contributed by atoms with van der Waals surface area (Å²) in [5.41, 5.74) is 1.50. The number of halogens is 2. The van der Waals surface area contributed by atoms with Gasteiger partial charge in [0, 0.05) is 19.7 Å². The second-order valence-electron chi connectivity index (χ2n) is 4.78. The van der Waals surface area contributed by atoms with Crippen molar-refractivity contribution < 1.29 is 9.13 Å². The molecule has 1 atom stereocenters. The van der Waals surface area contributed by atoms with Crippen LogP contribution in [0.5, 0.6) is 0 Å². The average Bonchev–Trinajstić information content (AvgIpc) is 2.40. The Morgan fingerprint density at radius 2 is 2.14 bits per heavy atom. The first-order valence-electron chi connectivity index (χ1n) is 6.85. The van der Waals surface area contributed by atoms with E-state index in [4.69, 9.17) is 4.74 Å². The van der Waals surface area contributed by atoms with Gasteiger partial charge in [-0.3, -0.25) is 0 Å². The molecule has 0 fully saturated rings. The normalized spacial score (nSPS) is 12.5. The van der Waals surface area contributed by atoms with Crippen molar-refractivity contribution in [2.75, 3.05) is 20.3 Å². The minimum Gasteiger partial charge on any atom is -0.383 e. The highest BCUT2D eigenvalue weighted by atomic mass is 127. The van der Waals surface area contributed by atoms with Crippen LogP contribution in [0, 0.1) is 12.7 Å². The molecule has 2 N–H and O–H groups in total. The van der Waals surface area contributed by atoms with Gasteiger partial charge in [-0.25, -0.2) is 9.38 Å². The molecule has 1 aromatic rings. The molecule has 0 bridgehead atoms. The van der Waals surface area contributed by atoms with Crippen LogP contribution in [-0.2, 0) is 11.3 Å². The van der Waals surface area contributed by atoms with Crippen molar-refractivity contribution in [2.45, 2.75) is 33.4 Å². The third-order valence-electron chi connectivity index (χ3n) is 2.80. The Labute approximate surface area is 143 Å². The number of ether oxygens (including phenoxy) is 1. The summed E-state index contributed by atoms with van der Waals surface area (Å²) in [5, 5.41) is 6.39. The van der Waals surface area contributed by atoms with Gasteiger partial charge in [0.1, 0.15) is 5.82 Å². The SMILES string of the molecule is CCNC(=NCc1ccc(C)c(F)c1)NC(C)COC.I. The van der Waals surface area contributed by atoms with E-state index in [1.807, 2.05) is 19.9 Å². The number of hydrogen-bond donors (Lipinski definition) is 2. The minimum absolute atomic E-state index is 0. The van der Waals surface area contributed by atoms with Crippen molar-refractivity contribution >= 4 is 29.9 Å². The van der Waals surface area contributed by atoms with Crippen LogP contribution in [0.4, 0.5) is 4.39 Å². The Kier molecular flexibility index (Phi) is 10.3. The second-order valence-corrected chi connectivity index (χ2v) is 4.78. The number of hydrogen-bond acceptors (Lipinski definition) is 2. The zero-order valence-electron chi connectivity index (χ0n) is 13.1. The van der Waals surface area contributed by atoms with Crippen LogP contribution in [0.3, 0.4) is 0 Å². The molecular formula is C15H25FIN3O. The van der Waals surface area contributed by atoms with E-state index in [0.717, 1.165) is 12.1 Å². The Balaban J connectivity index is 0.00000400. The minimum atomic E-state index is -0.191. The fourth-order valence-corrected chi connectivity index (χ4v) is 1.75. The van der Waals surface area contributed by atoms with Gasteiger partial charge in [-0.2, -0.15) is 0 Å². The molecule has 0 radical (unpaired) electrons. The quantitative estimate of drug-likeness (QED) is 0.432. The smallest absolute Gasteiger partial charge is 0.191 e. The highest BCUT2D eigenvalue weighted by Crippen LogP contribution is 2.09. The molecular weight excluding hydrogens is 384 g/mol. The van der Waals surface area contributed by atoms with Crippen LogP contribution in [0.25, 0.3) is 0 Å². The first-order valence-corrected chi connectivity index (χ1v) is 6.85. The molecule has 0 aliphatic heterocycles. The molecule has 0 aliphatic carbocycles. The number of rotatable bonds is 6. The molecule has 1 aromatic carbocycles. The highest BCUT2D eigenvalue weighted by molar-refractivity contribution is 14.0. The summed E-state index contributed by atoms with van der Waals surface area (Å²) in [7, 11) is 1.66. The van der Waals surface area contributed by atoms with Crippen molar-refractivity contribution in [3.8, 4) is 0 Å². The molecule has 0 saturated carbocycles. The lowest BCUT2D eigenvalue weighted by atomic mass is 10.1. The van der Waals surface area contributed by atoms with E-state index in [-0.39, 0.29) is 35.8 Å². The predicted molar refractivity (Wildman–Crippen MR) is 95.8 cm³/mol. The molecule has 0 heterocycles. The molecule has 0 aromatic heterocycles. The topological polar surface area (TPSA) is 45.7 Å². The molecule has 120 valence electrons. The van der Waals surface area contributed by atoms with E-state index in [1.165, 1.54) is 6.07 Å². The first kappa shape index (κ1) is 20.1. The van der Waals surface area contributed by atoms with E-state index in [0.29, 0.717) is 24.7 Å². The lowest BCUT2D eigenvalue weighted by molar-refractivity contribution is 0.179. The number of guanidine groups is 1. The Morgan fingerprint density at radius 1 is 1.43 bits per heavy atom. The largest absolute Gasteiger partial charge is 0.383 e. The maximum Gasteiger partial charge on any atom is 0.191 e. The molecule has 21 heavy (non-hydrogen) atoms. The molecule has 1 rings (SSSR count). The van der Waals surface area contributed by atoms with Gasteiger partial charge in [0.05, 0.1) is 13.2 Å².